The molecule has 256 valence electrons. The molecule has 11 nitrogen and oxygen atoms in total. The quantitative estimate of drug-likeness (QED) is 0.255. The van der Waals surface area contributed by atoms with E-state index in [4.69, 9.17) is 4.74 Å². The summed E-state index contributed by atoms with van der Waals surface area (Å²) in [6.07, 6.45) is -3.03. The Bertz CT molecular complexity index is 1760. The van der Waals surface area contributed by atoms with Crippen molar-refractivity contribution in [2.45, 2.75) is 76.1 Å². The molecule has 0 radical (unpaired) electrons. The van der Waals surface area contributed by atoms with Gasteiger partial charge in [0.1, 0.15) is 36.5 Å². The molecular formula is C36H43N3O8S. The minimum Gasteiger partial charge on any atom is -0.490 e. The minimum atomic E-state index is -3.98. The fourth-order valence-corrected chi connectivity index (χ4v) is 8.10. The number of para-hydroxylation sites is 1. The molecule has 5 atom stereocenters. The number of hydrogen-bond acceptors (Lipinski definition) is 8. The molecule has 2 aliphatic heterocycles. The van der Waals surface area contributed by atoms with Crippen LogP contribution in [-0.2, 0) is 37.2 Å². The van der Waals surface area contributed by atoms with Crippen LogP contribution in [0.15, 0.2) is 72.8 Å². The SMILES string of the molecule is Cc1cccc(C)c1CNC(=O)[C@H]1N(C(=O)[C@@H](O)C[C@@H](Cc2ccccc2)C(=O)N[C@H]2c3ccccc3OC[C@H]2O)CS(=O)(=O)C1(C)C. The van der Waals surface area contributed by atoms with Crippen LogP contribution in [-0.4, -0.2) is 76.7 Å². The van der Waals surface area contributed by atoms with Gasteiger partial charge in [-0.1, -0.05) is 66.7 Å². The molecule has 5 rings (SSSR count). The van der Waals surface area contributed by atoms with Crippen LogP contribution in [0.5, 0.6) is 5.75 Å². The molecule has 0 spiro atoms. The molecule has 0 aliphatic carbocycles. The third kappa shape index (κ3) is 7.11. The van der Waals surface area contributed by atoms with Crippen molar-refractivity contribution in [3.8, 4) is 5.75 Å². The van der Waals surface area contributed by atoms with Crippen LogP contribution in [0, 0.1) is 19.8 Å². The predicted octanol–water partition coefficient (Wildman–Crippen LogP) is 2.50. The lowest BCUT2D eigenvalue weighted by molar-refractivity contribution is -0.147. The molecule has 4 N–H and O–H groups in total. The van der Waals surface area contributed by atoms with Crippen molar-refractivity contribution in [1.29, 1.82) is 0 Å². The highest BCUT2D eigenvalue weighted by Gasteiger charge is 2.58. The summed E-state index contributed by atoms with van der Waals surface area (Å²) in [7, 11) is -3.98. The average Bonchev–Trinajstić information content (AvgIpc) is 3.24. The number of aliphatic hydroxyl groups is 2. The number of aryl methyl sites for hydroxylation is 2. The van der Waals surface area contributed by atoms with Crippen LogP contribution in [0.2, 0.25) is 0 Å². The lowest BCUT2D eigenvalue weighted by atomic mass is 9.90. The highest BCUT2D eigenvalue weighted by atomic mass is 32.2. The number of aliphatic hydroxyl groups excluding tert-OH is 2. The highest BCUT2D eigenvalue weighted by molar-refractivity contribution is 7.93. The number of sulfone groups is 1. The van der Waals surface area contributed by atoms with Crippen molar-refractivity contribution in [2.75, 3.05) is 12.5 Å². The molecule has 3 aromatic rings. The number of fused-ring (bicyclic) bond motifs is 1. The fraction of sp³-hybridized carbons (Fsp3) is 0.417. The second kappa shape index (κ2) is 14.1. The van der Waals surface area contributed by atoms with Crippen LogP contribution in [0.1, 0.15) is 54.1 Å². The topological polar surface area (TPSA) is 162 Å². The maximum Gasteiger partial charge on any atom is 0.253 e. The van der Waals surface area contributed by atoms with Crippen LogP contribution >= 0.6 is 0 Å². The third-order valence-electron chi connectivity index (χ3n) is 9.53. The minimum absolute atomic E-state index is 0.0293. The molecule has 3 aromatic carbocycles. The van der Waals surface area contributed by atoms with E-state index in [0.717, 1.165) is 27.2 Å². The van der Waals surface area contributed by atoms with Crippen molar-refractivity contribution >= 4 is 27.6 Å². The molecule has 1 saturated heterocycles. The van der Waals surface area contributed by atoms with Gasteiger partial charge in [-0.25, -0.2) is 8.42 Å². The molecule has 0 aromatic heterocycles. The standard InChI is InChI=1S/C36H43N3O8S/c1-22-11-10-12-23(2)27(22)19-37-34(43)32-36(3,4)48(45,46)21-39(32)35(44)28(40)18-25(17-24-13-6-5-7-14-24)33(42)38-31-26-15-8-9-16-30(26)47-20-29(31)41/h5-16,25,28-29,31-32,40-41H,17-21H2,1-4H3,(H,37,43)(H,38,42)/t25-,28+,29-,31+,32-/m1/s1. The van der Waals surface area contributed by atoms with Gasteiger partial charge in [0.25, 0.3) is 5.91 Å². The number of nitrogens with zero attached hydrogens (tertiary/aromatic N) is 1. The van der Waals surface area contributed by atoms with Gasteiger partial charge in [0, 0.05) is 18.0 Å². The normalized spacial score (nSPS) is 22.1. The Balaban J connectivity index is 1.37. The van der Waals surface area contributed by atoms with Gasteiger partial charge in [-0.15, -0.1) is 0 Å². The molecule has 0 bridgehead atoms. The smallest absolute Gasteiger partial charge is 0.253 e. The maximum absolute atomic E-state index is 13.9. The van der Waals surface area contributed by atoms with Crippen LogP contribution in [0.25, 0.3) is 0 Å². The van der Waals surface area contributed by atoms with E-state index >= 15 is 0 Å². The van der Waals surface area contributed by atoms with Gasteiger partial charge >= 0.3 is 0 Å². The average molecular weight is 678 g/mol. The second-order valence-corrected chi connectivity index (χ2v) is 15.7. The summed E-state index contributed by atoms with van der Waals surface area (Å²) in [6.45, 7) is 6.72. The molecule has 3 amide bonds. The first-order valence-electron chi connectivity index (χ1n) is 16.0. The summed E-state index contributed by atoms with van der Waals surface area (Å²) >= 11 is 0. The van der Waals surface area contributed by atoms with E-state index in [9.17, 15) is 33.0 Å². The number of nitrogens with one attached hydrogen (secondary N) is 2. The van der Waals surface area contributed by atoms with Crippen LogP contribution in [0.3, 0.4) is 0 Å². The van der Waals surface area contributed by atoms with Crippen LogP contribution in [0.4, 0.5) is 0 Å². The molecule has 2 aliphatic rings. The van der Waals surface area contributed by atoms with E-state index < -0.39 is 68.4 Å². The summed E-state index contributed by atoms with van der Waals surface area (Å²) in [5, 5.41) is 27.8. The second-order valence-electron chi connectivity index (χ2n) is 13.2. The fourth-order valence-electron chi connectivity index (χ4n) is 6.55. The number of ether oxygens (including phenoxy) is 1. The molecule has 0 saturated carbocycles. The first-order valence-corrected chi connectivity index (χ1v) is 17.6. The van der Waals surface area contributed by atoms with Gasteiger partial charge in [0.2, 0.25) is 11.8 Å². The number of carbonyl (C=O) groups excluding carboxylic acids is 3. The Labute approximate surface area is 281 Å². The molecule has 2 heterocycles. The predicted molar refractivity (Wildman–Crippen MR) is 179 cm³/mol. The van der Waals surface area contributed by atoms with Gasteiger partial charge in [0.05, 0.1) is 10.8 Å². The number of carbonyl (C=O) groups is 3. The van der Waals surface area contributed by atoms with Gasteiger partial charge in [-0.3, -0.25) is 14.4 Å². The summed E-state index contributed by atoms with van der Waals surface area (Å²) in [6, 6.07) is 19.6. The van der Waals surface area contributed by atoms with E-state index in [1.165, 1.54) is 13.8 Å². The lowest BCUT2D eigenvalue weighted by Gasteiger charge is -2.33. The van der Waals surface area contributed by atoms with Crippen LogP contribution < -0.4 is 15.4 Å². The van der Waals surface area contributed by atoms with Crippen molar-refractivity contribution in [2.24, 2.45) is 5.92 Å². The highest BCUT2D eigenvalue weighted by Crippen LogP contribution is 2.36. The Morgan fingerprint density at radius 3 is 2.31 bits per heavy atom. The van der Waals surface area contributed by atoms with Crippen molar-refractivity contribution in [3.05, 3.63) is 101 Å². The van der Waals surface area contributed by atoms with Gasteiger partial charge in [0.15, 0.2) is 9.84 Å². The number of rotatable bonds is 10. The van der Waals surface area contributed by atoms with E-state index in [0.29, 0.717) is 11.3 Å². The monoisotopic (exact) mass is 677 g/mol. The Morgan fingerprint density at radius 1 is 0.979 bits per heavy atom. The number of hydrogen-bond donors (Lipinski definition) is 4. The summed E-state index contributed by atoms with van der Waals surface area (Å²) in [5.41, 5.74) is 4.17. The first-order chi connectivity index (χ1) is 22.7. The van der Waals surface area contributed by atoms with Gasteiger partial charge in [-0.2, -0.15) is 0 Å². The van der Waals surface area contributed by atoms with Crippen molar-refractivity contribution in [3.63, 3.8) is 0 Å². The van der Waals surface area contributed by atoms with E-state index in [-0.39, 0.29) is 26.0 Å². The number of amides is 3. The van der Waals surface area contributed by atoms with Gasteiger partial charge in [-0.05, 0) is 68.9 Å². The van der Waals surface area contributed by atoms with E-state index in [1.54, 1.807) is 24.3 Å². The largest absolute Gasteiger partial charge is 0.490 e. The Hall–Kier alpha value is -4.26. The van der Waals surface area contributed by atoms with E-state index in [1.807, 2.05) is 62.4 Å². The zero-order valence-corrected chi connectivity index (χ0v) is 28.4. The summed E-state index contributed by atoms with van der Waals surface area (Å²) < 4.78 is 30.5. The molecular weight excluding hydrogens is 634 g/mol. The zero-order valence-electron chi connectivity index (χ0n) is 27.5. The molecule has 1 fully saturated rings. The van der Waals surface area contributed by atoms with Crippen molar-refractivity contribution < 1.29 is 37.8 Å². The number of benzene rings is 3. The zero-order chi connectivity index (χ0) is 34.8. The Kier molecular flexibility index (Phi) is 10.3. The Morgan fingerprint density at radius 2 is 1.62 bits per heavy atom. The molecule has 12 heteroatoms. The third-order valence-corrected chi connectivity index (χ3v) is 12.0. The molecule has 48 heavy (non-hydrogen) atoms. The summed E-state index contributed by atoms with van der Waals surface area (Å²) in [5.74, 6) is -3.30. The lowest BCUT2D eigenvalue weighted by Crippen LogP contribution is -2.56. The molecule has 0 unspecified atom stereocenters. The summed E-state index contributed by atoms with van der Waals surface area (Å²) in [4.78, 5) is 42.3. The maximum atomic E-state index is 13.9. The van der Waals surface area contributed by atoms with Crippen molar-refractivity contribution in [1.82, 2.24) is 15.5 Å². The first kappa shape index (κ1) is 35.1. The van der Waals surface area contributed by atoms with E-state index in [2.05, 4.69) is 10.6 Å². The van der Waals surface area contributed by atoms with Gasteiger partial charge < -0.3 is 30.5 Å².